The number of imide groups is 1. The zero-order chi connectivity index (χ0) is 33.6. The predicted molar refractivity (Wildman–Crippen MR) is 184 cm³/mol. The maximum atomic E-state index is 14.7. The van der Waals surface area contributed by atoms with Crippen molar-refractivity contribution in [2.45, 2.75) is 48.4 Å². The van der Waals surface area contributed by atoms with Gasteiger partial charge in [-0.1, -0.05) is 98.6 Å². The number of unbranched alkanes of at least 4 members (excludes halogenated alkanes) is 2. The number of nitrogens with zero attached hydrogens (tertiary/aromatic N) is 1. The molecule has 1 N–H and O–H groups in total. The number of esters is 1. The minimum atomic E-state index is -1.36. The second-order valence-corrected chi connectivity index (χ2v) is 13.8. The second-order valence-electron chi connectivity index (χ2n) is 12.6. The van der Waals surface area contributed by atoms with Crippen LogP contribution in [0.3, 0.4) is 0 Å². The fraction of sp³-hybridized carbons (Fsp3) is 0.282. The summed E-state index contributed by atoms with van der Waals surface area (Å²) in [6.45, 7) is 2.42. The van der Waals surface area contributed by atoms with E-state index in [4.69, 9.17) is 27.9 Å². The fourth-order valence-corrected chi connectivity index (χ4v) is 8.75. The van der Waals surface area contributed by atoms with Crippen LogP contribution in [0.4, 0.5) is 5.69 Å². The molecule has 1 heterocycles. The van der Waals surface area contributed by atoms with Crippen LogP contribution < -0.4 is 5.32 Å². The predicted octanol–water partition coefficient (Wildman–Crippen LogP) is 7.18. The summed E-state index contributed by atoms with van der Waals surface area (Å²) in [7, 11) is 0. The van der Waals surface area contributed by atoms with Gasteiger partial charge in [0.2, 0.25) is 17.7 Å². The van der Waals surface area contributed by atoms with Gasteiger partial charge in [0, 0.05) is 12.1 Å². The monoisotopic (exact) mass is 680 g/mol. The topological polar surface area (TPSA) is 92.8 Å². The number of halogens is 2. The number of rotatable bonds is 10. The van der Waals surface area contributed by atoms with Crippen LogP contribution in [0.25, 0.3) is 0 Å². The lowest BCUT2D eigenvalue weighted by molar-refractivity contribution is -0.146. The van der Waals surface area contributed by atoms with Crippen molar-refractivity contribution in [3.63, 3.8) is 0 Å². The van der Waals surface area contributed by atoms with Crippen LogP contribution in [-0.2, 0) is 35.3 Å². The normalized spacial score (nSPS) is 24.0. The number of carbonyl (C=O) groups is 4. The van der Waals surface area contributed by atoms with E-state index in [0.717, 1.165) is 29.7 Å². The summed E-state index contributed by atoms with van der Waals surface area (Å²) < 4.78 is 5.35. The van der Waals surface area contributed by atoms with E-state index in [-0.39, 0.29) is 6.42 Å². The van der Waals surface area contributed by atoms with Gasteiger partial charge in [0.25, 0.3) is 0 Å². The molecule has 4 aromatic carbocycles. The van der Waals surface area contributed by atoms with Crippen molar-refractivity contribution < 1.29 is 23.9 Å². The van der Waals surface area contributed by atoms with Crippen molar-refractivity contribution in [2.24, 2.45) is 11.8 Å². The van der Waals surface area contributed by atoms with E-state index >= 15 is 0 Å². The third kappa shape index (κ3) is 4.94. The second kappa shape index (κ2) is 12.5. The zero-order valence-electron chi connectivity index (χ0n) is 26.3. The summed E-state index contributed by atoms with van der Waals surface area (Å²) in [5.74, 6) is -4.12. The highest BCUT2D eigenvalue weighted by Crippen LogP contribution is 2.69. The highest BCUT2D eigenvalue weighted by molar-refractivity contribution is 6.36. The minimum Gasteiger partial charge on any atom is -0.462 e. The Hall–Kier alpha value is -4.46. The molecule has 0 radical (unpaired) electrons. The SMILES string of the molecule is CCCCCOC(=O)c1ccc(NC(=O)[C@H](Cc2ccccc2)N2C(=O)[C@@H]3[C@H](C2=O)C2(Cl)c4ccccc4C3(Cl)c3ccccc32)cc1. The number of nitrogens with one attached hydrogen (secondary N) is 1. The van der Waals surface area contributed by atoms with Gasteiger partial charge < -0.3 is 10.1 Å². The van der Waals surface area contributed by atoms with E-state index in [1.807, 2.05) is 78.9 Å². The van der Waals surface area contributed by atoms with Crippen LogP contribution in [0, 0.1) is 11.8 Å². The molecule has 1 saturated heterocycles. The van der Waals surface area contributed by atoms with Crippen molar-refractivity contribution in [3.8, 4) is 0 Å². The quantitative estimate of drug-likeness (QED) is 0.0829. The van der Waals surface area contributed by atoms with Crippen molar-refractivity contribution in [3.05, 3.63) is 137 Å². The number of carbonyl (C=O) groups excluding carboxylic acids is 4. The molecule has 7 nitrogen and oxygen atoms in total. The Morgan fingerprint density at radius 3 is 1.75 bits per heavy atom. The number of ether oxygens (including phenoxy) is 1. The number of hydrogen-bond acceptors (Lipinski definition) is 5. The Morgan fingerprint density at radius 2 is 1.25 bits per heavy atom. The molecule has 8 rings (SSSR count). The van der Waals surface area contributed by atoms with Crippen LogP contribution >= 0.6 is 23.2 Å². The van der Waals surface area contributed by atoms with Crippen molar-refractivity contribution >= 4 is 52.6 Å². The van der Waals surface area contributed by atoms with E-state index < -0.39 is 51.3 Å². The summed E-state index contributed by atoms with van der Waals surface area (Å²) in [6, 6.07) is 29.2. The average molecular weight is 682 g/mol. The van der Waals surface area contributed by atoms with E-state index in [1.165, 1.54) is 0 Å². The third-order valence-electron chi connectivity index (χ3n) is 9.87. The molecule has 0 spiro atoms. The molecule has 2 bridgehead atoms. The van der Waals surface area contributed by atoms with Crippen LogP contribution in [0.2, 0.25) is 0 Å². The summed E-state index contributed by atoms with van der Waals surface area (Å²) in [6.07, 6.45) is 2.87. The smallest absolute Gasteiger partial charge is 0.338 e. The van der Waals surface area contributed by atoms with Crippen molar-refractivity contribution in [1.29, 1.82) is 0 Å². The Kier molecular flexibility index (Phi) is 8.38. The first kappa shape index (κ1) is 32.1. The van der Waals surface area contributed by atoms with Gasteiger partial charge in [-0.3, -0.25) is 19.3 Å². The molecule has 0 unspecified atom stereocenters. The molecule has 48 heavy (non-hydrogen) atoms. The van der Waals surface area contributed by atoms with E-state index in [1.54, 1.807) is 24.3 Å². The average Bonchev–Trinajstić information content (AvgIpc) is 3.39. The molecule has 9 heteroatoms. The van der Waals surface area contributed by atoms with Crippen LogP contribution in [0.1, 0.15) is 64.4 Å². The Morgan fingerprint density at radius 1 is 0.750 bits per heavy atom. The summed E-state index contributed by atoms with van der Waals surface area (Å²) in [5, 5.41) is 2.88. The van der Waals surface area contributed by atoms with Crippen molar-refractivity contribution in [2.75, 3.05) is 11.9 Å². The summed E-state index contributed by atoms with van der Waals surface area (Å²) in [4.78, 5) is 54.4. The highest BCUT2D eigenvalue weighted by Gasteiger charge is 2.73. The lowest BCUT2D eigenvalue weighted by Crippen LogP contribution is -2.57. The number of hydrogen-bond donors (Lipinski definition) is 1. The number of amides is 3. The lowest BCUT2D eigenvalue weighted by atomic mass is 9.54. The molecule has 4 aromatic rings. The molecule has 4 aliphatic rings. The number of alkyl halides is 2. The standard InChI is InChI=1S/C39H34Cl2N2O5/c1-2-3-11-22-48-37(47)25-18-20-26(21-19-25)42-34(44)31(23-24-12-5-4-6-13-24)43-35(45)32-33(36(43)46)39(41)28-15-8-7-14-27(28)38(32,40)29-16-9-10-17-30(29)39/h4-10,12-21,31-33H,2-3,11,22-23H2,1H3,(H,42,44)/t31-,32-,33+,38?,39?/m0/s1. The molecule has 1 aliphatic heterocycles. The highest BCUT2D eigenvalue weighted by atomic mass is 35.5. The molecule has 244 valence electrons. The maximum Gasteiger partial charge on any atom is 0.338 e. The van der Waals surface area contributed by atoms with Crippen molar-refractivity contribution in [1.82, 2.24) is 4.90 Å². The van der Waals surface area contributed by atoms with Gasteiger partial charge in [0.1, 0.15) is 15.8 Å². The zero-order valence-corrected chi connectivity index (χ0v) is 27.8. The number of likely N-dealkylation sites (tertiary alicyclic amines) is 1. The first-order chi connectivity index (χ1) is 23.2. The minimum absolute atomic E-state index is 0.0796. The molecule has 1 fully saturated rings. The van der Waals surface area contributed by atoms with Crippen LogP contribution in [0.15, 0.2) is 103 Å². The van der Waals surface area contributed by atoms with Crippen LogP contribution in [-0.4, -0.2) is 41.2 Å². The largest absolute Gasteiger partial charge is 0.462 e. The van der Waals surface area contributed by atoms with Gasteiger partial charge in [-0.25, -0.2) is 4.79 Å². The van der Waals surface area contributed by atoms with Gasteiger partial charge in [-0.15, -0.1) is 23.2 Å². The van der Waals surface area contributed by atoms with Gasteiger partial charge in [0.05, 0.1) is 24.0 Å². The summed E-state index contributed by atoms with van der Waals surface area (Å²) in [5.41, 5.74) is 4.30. The Bertz CT molecular complexity index is 1790. The molecular weight excluding hydrogens is 647 g/mol. The first-order valence-electron chi connectivity index (χ1n) is 16.3. The van der Waals surface area contributed by atoms with E-state index in [0.29, 0.717) is 40.1 Å². The molecular formula is C39H34Cl2N2O5. The molecule has 0 aromatic heterocycles. The van der Waals surface area contributed by atoms with E-state index in [9.17, 15) is 19.2 Å². The van der Waals surface area contributed by atoms with Crippen LogP contribution in [0.5, 0.6) is 0 Å². The molecule has 3 atom stereocenters. The third-order valence-corrected chi connectivity index (χ3v) is 11.2. The number of benzene rings is 4. The fourth-order valence-electron chi connectivity index (χ4n) is 7.65. The molecule has 3 amide bonds. The lowest BCUT2D eigenvalue weighted by Gasteiger charge is -2.54. The number of anilines is 1. The Balaban J connectivity index is 1.23. The summed E-state index contributed by atoms with van der Waals surface area (Å²) >= 11 is 15.2. The molecule has 3 aliphatic carbocycles. The molecule has 0 saturated carbocycles. The van der Waals surface area contributed by atoms with E-state index in [2.05, 4.69) is 12.2 Å². The first-order valence-corrected chi connectivity index (χ1v) is 17.0. The van der Waals surface area contributed by atoms with Gasteiger partial charge in [-0.05, 0) is 58.5 Å². The van der Waals surface area contributed by atoms with Gasteiger partial charge >= 0.3 is 5.97 Å². The van der Waals surface area contributed by atoms with Gasteiger partial charge in [0.15, 0.2) is 0 Å². The van der Waals surface area contributed by atoms with Gasteiger partial charge in [-0.2, -0.15) is 0 Å². The Labute approximate surface area is 289 Å². The maximum absolute atomic E-state index is 14.7.